The Morgan fingerprint density at radius 2 is 1.91 bits per heavy atom. The minimum absolute atomic E-state index is 0. The lowest BCUT2D eigenvalue weighted by Gasteiger charge is -2.35. The van der Waals surface area contributed by atoms with Gasteiger partial charge in [0.15, 0.2) is 0 Å². The van der Waals surface area contributed by atoms with Gasteiger partial charge in [-0.3, -0.25) is 0 Å². The van der Waals surface area contributed by atoms with Crippen LogP contribution in [-0.4, -0.2) is 12.6 Å². The van der Waals surface area contributed by atoms with E-state index in [1.165, 1.54) is 17.5 Å². The molecule has 1 heterocycles. The molecule has 0 saturated carbocycles. The summed E-state index contributed by atoms with van der Waals surface area (Å²) in [6, 6.07) is 19.3. The molecule has 1 aliphatic rings. The van der Waals surface area contributed by atoms with Gasteiger partial charge in [0.05, 0.1) is 18.2 Å². The summed E-state index contributed by atoms with van der Waals surface area (Å²) < 4.78 is 7.51. The largest absolute Gasteiger partial charge is 0.369 e. The van der Waals surface area contributed by atoms with Crippen LogP contribution in [0, 0.1) is 0 Å². The van der Waals surface area contributed by atoms with Gasteiger partial charge in [-0.05, 0) is 49.6 Å². The van der Waals surface area contributed by atoms with Crippen molar-refractivity contribution in [3.63, 3.8) is 0 Å². The topological polar surface area (TPSA) is 21.3 Å². The van der Waals surface area contributed by atoms with Crippen molar-refractivity contribution in [3.8, 4) is 0 Å². The lowest BCUT2D eigenvalue weighted by Crippen LogP contribution is -2.39. The van der Waals surface area contributed by atoms with Crippen molar-refractivity contribution in [2.45, 2.75) is 38.0 Å². The monoisotopic (exact) mass is 395 g/mol. The van der Waals surface area contributed by atoms with Gasteiger partial charge in [-0.15, -0.1) is 12.4 Å². The molecule has 2 aromatic carbocycles. The van der Waals surface area contributed by atoms with Crippen molar-refractivity contribution in [1.29, 1.82) is 0 Å². The maximum atomic E-state index is 6.42. The van der Waals surface area contributed by atoms with E-state index < -0.39 is 0 Å². The minimum Gasteiger partial charge on any atom is -0.369 e. The molecule has 1 saturated heterocycles. The molecule has 1 fully saturated rings. The summed E-state index contributed by atoms with van der Waals surface area (Å²) in [4.78, 5) is 0. The van der Waals surface area contributed by atoms with Gasteiger partial charge in [-0.25, -0.2) is 0 Å². The van der Waals surface area contributed by atoms with E-state index in [2.05, 4.69) is 76.7 Å². The van der Waals surface area contributed by atoms with Gasteiger partial charge < -0.3 is 10.1 Å². The first kappa shape index (κ1) is 18.5. The second kappa shape index (κ2) is 8.84. The second-order valence-corrected chi connectivity index (χ2v) is 6.77. The molecule has 1 unspecified atom stereocenters. The molecule has 2 nitrogen and oxygen atoms in total. The molecular formula is C19H23BrClNO. The van der Waals surface area contributed by atoms with Gasteiger partial charge in [0.25, 0.3) is 0 Å². The fourth-order valence-corrected chi connectivity index (χ4v) is 3.52. The van der Waals surface area contributed by atoms with Crippen LogP contribution in [0.5, 0.6) is 0 Å². The van der Waals surface area contributed by atoms with E-state index in [0.717, 1.165) is 17.4 Å². The first-order valence-electron chi connectivity index (χ1n) is 7.93. The van der Waals surface area contributed by atoms with Crippen LogP contribution < -0.4 is 5.32 Å². The Morgan fingerprint density at radius 3 is 2.65 bits per heavy atom. The Morgan fingerprint density at radius 1 is 1.13 bits per heavy atom. The Kier molecular flexibility index (Phi) is 7.09. The zero-order chi connectivity index (χ0) is 15.4. The molecule has 3 rings (SSSR count). The number of ether oxygens (including phenoxy) is 1. The summed E-state index contributed by atoms with van der Waals surface area (Å²) in [6.07, 6.45) is 2.57. The zero-order valence-corrected chi connectivity index (χ0v) is 15.6. The van der Waals surface area contributed by atoms with E-state index >= 15 is 0 Å². The summed E-state index contributed by atoms with van der Waals surface area (Å²) in [5.74, 6) is 0. The van der Waals surface area contributed by atoms with Crippen molar-refractivity contribution in [2.75, 3.05) is 6.54 Å². The molecule has 2 aromatic rings. The van der Waals surface area contributed by atoms with Gasteiger partial charge in [0.2, 0.25) is 0 Å². The summed E-state index contributed by atoms with van der Waals surface area (Å²) in [6.45, 7) is 3.20. The van der Waals surface area contributed by atoms with Crippen LogP contribution in [0.15, 0.2) is 59.1 Å². The highest BCUT2D eigenvalue weighted by Crippen LogP contribution is 2.31. The molecule has 0 amide bonds. The van der Waals surface area contributed by atoms with E-state index in [0.29, 0.717) is 0 Å². The smallest absolute Gasteiger partial charge is 0.0801 e. The predicted molar refractivity (Wildman–Crippen MR) is 101 cm³/mol. The summed E-state index contributed by atoms with van der Waals surface area (Å²) in [5.41, 5.74) is 2.53. The SMILES string of the molecule is CC(O[C@H]1CCCN[C@H]1c1ccccc1)c1cccc(Br)c1.Cl. The first-order valence-corrected chi connectivity index (χ1v) is 8.72. The molecule has 0 aromatic heterocycles. The average molecular weight is 397 g/mol. The van der Waals surface area contributed by atoms with Crippen molar-refractivity contribution in [1.82, 2.24) is 5.32 Å². The fourth-order valence-electron chi connectivity index (χ4n) is 3.10. The predicted octanol–water partition coefficient (Wildman–Crippen LogP) is 5.44. The van der Waals surface area contributed by atoms with E-state index in [-0.39, 0.29) is 30.7 Å². The lowest BCUT2D eigenvalue weighted by atomic mass is 9.94. The van der Waals surface area contributed by atoms with E-state index in [9.17, 15) is 0 Å². The molecule has 3 atom stereocenters. The Hall–Kier alpha value is -0.870. The number of piperidine rings is 1. The molecule has 0 bridgehead atoms. The van der Waals surface area contributed by atoms with Crippen LogP contribution >= 0.6 is 28.3 Å². The third-order valence-electron chi connectivity index (χ3n) is 4.26. The van der Waals surface area contributed by atoms with Crippen molar-refractivity contribution < 1.29 is 4.74 Å². The molecule has 1 N–H and O–H groups in total. The van der Waals surface area contributed by atoms with E-state index in [4.69, 9.17) is 4.74 Å². The second-order valence-electron chi connectivity index (χ2n) is 5.86. The van der Waals surface area contributed by atoms with Gasteiger partial charge in [0, 0.05) is 4.47 Å². The molecule has 23 heavy (non-hydrogen) atoms. The van der Waals surface area contributed by atoms with Crippen LogP contribution in [0.25, 0.3) is 0 Å². The molecule has 4 heteroatoms. The number of benzene rings is 2. The van der Waals surface area contributed by atoms with Gasteiger partial charge >= 0.3 is 0 Å². The summed E-state index contributed by atoms with van der Waals surface area (Å²) >= 11 is 3.54. The molecular weight excluding hydrogens is 374 g/mol. The van der Waals surface area contributed by atoms with Crippen molar-refractivity contribution in [2.24, 2.45) is 0 Å². The van der Waals surface area contributed by atoms with Crippen LogP contribution in [0.2, 0.25) is 0 Å². The van der Waals surface area contributed by atoms with Crippen molar-refractivity contribution in [3.05, 3.63) is 70.2 Å². The Balaban J connectivity index is 0.00000192. The minimum atomic E-state index is 0. The van der Waals surface area contributed by atoms with Gasteiger partial charge in [-0.2, -0.15) is 0 Å². The maximum Gasteiger partial charge on any atom is 0.0801 e. The first-order chi connectivity index (χ1) is 10.7. The number of hydrogen-bond donors (Lipinski definition) is 1. The number of halogens is 2. The number of nitrogens with one attached hydrogen (secondary N) is 1. The van der Waals surface area contributed by atoms with Gasteiger partial charge in [-0.1, -0.05) is 58.4 Å². The Labute approximate surface area is 153 Å². The third kappa shape index (κ3) is 4.80. The molecule has 0 aliphatic carbocycles. The molecule has 0 radical (unpaired) electrons. The van der Waals surface area contributed by atoms with Crippen LogP contribution in [0.1, 0.15) is 43.0 Å². The molecule has 124 valence electrons. The average Bonchev–Trinajstić information content (AvgIpc) is 2.56. The van der Waals surface area contributed by atoms with Crippen LogP contribution in [-0.2, 0) is 4.74 Å². The standard InChI is InChI=1S/C19H22BrNO.ClH/c1-14(16-9-5-10-17(20)13-16)22-18-11-6-12-21-19(18)15-7-3-2-4-8-15;/h2-5,7-10,13-14,18-19,21H,6,11-12H2,1H3;1H/t14?,18-,19-;/m0./s1. The van der Waals surface area contributed by atoms with Crippen molar-refractivity contribution >= 4 is 28.3 Å². The van der Waals surface area contributed by atoms with Gasteiger partial charge in [0.1, 0.15) is 0 Å². The quantitative estimate of drug-likeness (QED) is 0.743. The Bertz CT molecular complexity index is 607. The van der Waals surface area contributed by atoms with E-state index in [1.54, 1.807) is 0 Å². The number of rotatable bonds is 4. The number of hydrogen-bond acceptors (Lipinski definition) is 2. The zero-order valence-electron chi connectivity index (χ0n) is 13.2. The third-order valence-corrected chi connectivity index (χ3v) is 4.75. The highest BCUT2D eigenvalue weighted by Gasteiger charge is 2.28. The molecule has 0 spiro atoms. The molecule has 1 aliphatic heterocycles. The summed E-state index contributed by atoms with van der Waals surface area (Å²) in [5, 5.41) is 3.62. The normalized spacial score (nSPS) is 22.2. The highest BCUT2D eigenvalue weighted by atomic mass is 79.9. The fraction of sp³-hybridized carbons (Fsp3) is 0.368. The summed E-state index contributed by atoms with van der Waals surface area (Å²) in [7, 11) is 0. The lowest BCUT2D eigenvalue weighted by molar-refractivity contribution is -0.0392. The van der Waals surface area contributed by atoms with E-state index in [1.807, 2.05) is 6.07 Å². The van der Waals surface area contributed by atoms with Crippen LogP contribution in [0.3, 0.4) is 0 Å². The maximum absolute atomic E-state index is 6.42. The highest BCUT2D eigenvalue weighted by molar-refractivity contribution is 9.10. The van der Waals surface area contributed by atoms with Crippen LogP contribution in [0.4, 0.5) is 0 Å².